The van der Waals surface area contributed by atoms with Gasteiger partial charge in [-0.15, -0.1) is 0 Å². The summed E-state index contributed by atoms with van der Waals surface area (Å²) in [5.41, 5.74) is 1.49. The molecule has 1 atom stereocenters. The van der Waals surface area contributed by atoms with Crippen molar-refractivity contribution in [3.63, 3.8) is 0 Å². The number of piperidine rings is 1. The molecule has 2 N–H and O–H groups in total. The minimum absolute atomic E-state index is 0.0960. The number of hydrogen-bond donors (Lipinski definition) is 2. The lowest BCUT2D eigenvalue weighted by Gasteiger charge is -2.38. The molecular weight excluding hydrogens is 478 g/mol. The van der Waals surface area contributed by atoms with E-state index in [4.69, 9.17) is 21.9 Å². The lowest BCUT2D eigenvalue weighted by atomic mass is 9.69. The maximum absolute atomic E-state index is 6.11. The van der Waals surface area contributed by atoms with Crippen LogP contribution in [0.25, 0.3) is 0 Å². The molecule has 0 spiro atoms. The van der Waals surface area contributed by atoms with Gasteiger partial charge in [-0.1, -0.05) is 67.8 Å². The average molecular weight is 516 g/mol. The van der Waals surface area contributed by atoms with Crippen LogP contribution in [-0.4, -0.2) is 34.2 Å². The van der Waals surface area contributed by atoms with E-state index in [1.807, 2.05) is 36.4 Å². The largest absolute Gasteiger partial charge is 0.439 e. The summed E-state index contributed by atoms with van der Waals surface area (Å²) in [4.78, 5) is 11.9. The van der Waals surface area contributed by atoms with E-state index in [2.05, 4.69) is 57.8 Å². The number of anilines is 2. The van der Waals surface area contributed by atoms with E-state index in [1.54, 1.807) is 0 Å². The molecule has 2 aromatic carbocycles. The second kappa shape index (κ2) is 11.9. The zero-order valence-electron chi connectivity index (χ0n) is 21.7. The summed E-state index contributed by atoms with van der Waals surface area (Å²) in [6.07, 6.45) is 9.69. The average Bonchev–Trinajstić information content (AvgIpc) is 2.94. The molecule has 37 heavy (non-hydrogen) atoms. The van der Waals surface area contributed by atoms with Gasteiger partial charge < -0.3 is 20.3 Å². The Morgan fingerprint density at radius 1 is 0.973 bits per heavy atom. The molecule has 1 saturated heterocycles. The molecule has 1 aromatic heterocycles. The van der Waals surface area contributed by atoms with E-state index < -0.39 is 0 Å². The van der Waals surface area contributed by atoms with Crippen LogP contribution in [0, 0.1) is 0 Å². The number of nitrogens with one attached hydrogen (secondary N) is 2. The lowest BCUT2D eigenvalue weighted by molar-refractivity contribution is 0.292. The van der Waals surface area contributed by atoms with Crippen molar-refractivity contribution in [2.75, 3.05) is 23.3 Å². The second-order valence-electron chi connectivity index (χ2n) is 10.4. The molecule has 0 amide bonds. The monoisotopic (exact) mass is 515 g/mol. The van der Waals surface area contributed by atoms with Gasteiger partial charge in [0, 0.05) is 30.6 Å². The van der Waals surface area contributed by atoms with Crippen LogP contribution in [0.3, 0.4) is 0 Å². The van der Waals surface area contributed by atoms with Crippen molar-refractivity contribution in [2.24, 2.45) is 0 Å². The molecule has 5 rings (SSSR count). The van der Waals surface area contributed by atoms with Gasteiger partial charge in [0.25, 0.3) is 0 Å². The zero-order chi connectivity index (χ0) is 25.5. The number of para-hydroxylation sites is 1. The van der Waals surface area contributed by atoms with Crippen LogP contribution in [0.15, 0.2) is 66.7 Å². The normalized spacial score (nSPS) is 19.2. The van der Waals surface area contributed by atoms with Crippen LogP contribution in [-0.2, 0) is 5.41 Å². The SMILES string of the molecule is CC1CCCCN1c1cc(Oc2ccccc2)nc(NC(=S)NCC2(c3ccccc3)CCCCC2)n1. The first kappa shape index (κ1) is 25.5. The van der Waals surface area contributed by atoms with Crippen molar-refractivity contribution in [3.05, 3.63) is 72.3 Å². The number of hydrogen-bond acceptors (Lipinski definition) is 5. The van der Waals surface area contributed by atoms with Gasteiger partial charge in [0.05, 0.1) is 0 Å². The summed E-state index contributed by atoms with van der Waals surface area (Å²) in [6, 6.07) is 23.0. The highest BCUT2D eigenvalue weighted by atomic mass is 32.1. The highest BCUT2D eigenvalue weighted by molar-refractivity contribution is 7.80. The highest BCUT2D eigenvalue weighted by Crippen LogP contribution is 2.39. The molecule has 6 nitrogen and oxygen atoms in total. The molecule has 1 unspecified atom stereocenters. The Morgan fingerprint density at radius 3 is 2.43 bits per heavy atom. The zero-order valence-corrected chi connectivity index (χ0v) is 22.5. The molecular formula is C30H37N5OS. The number of ether oxygens (including phenoxy) is 1. The van der Waals surface area contributed by atoms with E-state index in [0.29, 0.717) is 23.0 Å². The van der Waals surface area contributed by atoms with Crippen molar-refractivity contribution in [2.45, 2.75) is 69.7 Å². The molecule has 1 aliphatic carbocycles. The van der Waals surface area contributed by atoms with Gasteiger partial charge in [0.15, 0.2) is 5.11 Å². The van der Waals surface area contributed by atoms with Gasteiger partial charge in [-0.05, 0) is 68.9 Å². The number of aromatic nitrogens is 2. The van der Waals surface area contributed by atoms with Crippen molar-refractivity contribution < 1.29 is 4.74 Å². The lowest BCUT2D eigenvalue weighted by Crippen LogP contribution is -2.43. The van der Waals surface area contributed by atoms with Gasteiger partial charge in [0.2, 0.25) is 11.8 Å². The van der Waals surface area contributed by atoms with Crippen LogP contribution in [0.1, 0.15) is 63.9 Å². The van der Waals surface area contributed by atoms with E-state index in [-0.39, 0.29) is 5.41 Å². The fraction of sp³-hybridized carbons (Fsp3) is 0.433. The molecule has 1 aliphatic heterocycles. The maximum Gasteiger partial charge on any atom is 0.234 e. The molecule has 194 valence electrons. The number of nitrogens with zero attached hydrogens (tertiary/aromatic N) is 3. The van der Waals surface area contributed by atoms with Crippen LogP contribution in [0.4, 0.5) is 11.8 Å². The Labute approximate surface area is 225 Å². The Kier molecular flexibility index (Phi) is 8.19. The predicted octanol–water partition coefficient (Wildman–Crippen LogP) is 6.84. The number of rotatable bonds is 7. The van der Waals surface area contributed by atoms with Crippen LogP contribution < -0.4 is 20.3 Å². The molecule has 2 aliphatic rings. The highest BCUT2D eigenvalue weighted by Gasteiger charge is 2.34. The van der Waals surface area contributed by atoms with Crippen LogP contribution in [0.2, 0.25) is 0 Å². The van der Waals surface area contributed by atoms with E-state index in [0.717, 1.165) is 37.5 Å². The fourth-order valence-electron chi connectivity index (χ4n) is 5.70. The molecule has 7 heteroatoms. The molecule has 2 heterocycles. The van der Waals surface area contributed by atoms with Gasteiger partial charge in [-0.2, -0.15) is 9.97 Å². The van der Waals surface area contributed by atoms with Crippen molar-refractivity contribution in [3.8, 4) is 11.6 Å². The van der Waals surface area contributed by atoms with Crippen LogP contribution >= 0.6 is 12.2 Å². The first-order chi connectivity index (χ1) is 18.1. The van der Waals surface area contributed by atoms with Gasteiger partial charge in [-0.3, -0.25) is 0 Å². The Bertz CT molecular complexity index is 1170. The Morgan fingerprint density at radius 2 is 1.70 bits per heavy atom. The molecule has 0 bridgehead atoms. The van der Waals surface area contributed by atoms with Crippen molar-refractivity contribution in [1.29, 1.82) is 0 Å². The summed E-state index contributed by atoms with van der Waals surface area (Å²) in [5, 5.41) is 7.30. The molecule has 2 fully saturated rings. The number of benzene rings is 2. The van der Waals surface area contributed by atoms with E-state index >= 15 is 0 Å². The summed E-state index contributed by atoms with van der Waals surface area (Å²) in [6.45, 7) is 4.02. The second-order valence-corrected chi connectivity index (χ2v) is 10.8. The minimum atomic E-state index is 0.0960. The first-order valence-electron chi connectivity index (χ1n) is 13.6. The summed E-state index contributed by atoms with van der Waals surface area (Å²) in [7, 11) is 0. The first-order valence-corrected chi connectivity index (χ1v) is 14.0. The third kappa shape index (κ3) is 6.39. The fourth-order valence-corrected chi connectivity index (χ4v) is 5.86. The van der Waals surface area contributed by atoms with Gasteiger partial charge in [-0.25, -0.2) is 0 Å². The minimum Gasteiger partial charge on any atom is -0.439 e. The predicted molar refractivity (Wildman–Crippen MR) is 155 cm³/mol. The van der Waals surface area contributed by atoms with E-state index in [9.17, 15) is 0 Å². The third-order valence-electron chi connectivity index (χ3n) is 7.76. The smallest absolute Gasteiger partial charge is 0.234 e. The van der Waals surface area contributed by atoms with Crippen LogP contribution in [0.5, 0.6) is 11.6 Å². The third-order valence-corrected chi connectivity index (χ3v) is 8.01. The van der Waals surface area contributed by atoms with Gasteiger partial charge in [0.1, 0.15) is 11.6 Å². The quantitative estimate of drug-likeness (QED) is 0.334. The molecule has 1 saturated carbocycles. The summed E-state index contributed by atoms with van der Waals surface area (Å²) < 4.78 is 6.11. The standard InChI is InChI=1S/C30H37N5OS/c1-23-13-9-12-20-35(23)26-21-27(36-25-16-7-3-8-17-25)33-28(32-26)34-29(37)31-22-30(18-10-4-11-19-30)24-14-5-2-6-15-24/h2-3,5-8,14-17,21,23H,4,9-13,18-20,22H2,1H3,(H2,31,32,33,34,37). The Balaban J connectivity index is 1.33. The topological polar surface area (TPSA) is 62.3 Å². The number of thiocarbonyl (C=S) groups is 1. The summed E-state index contributed by atoms with van der Waals surface area (Å²) >= 11 is 5.74. The molecule has 0 radical (unpaired) electrons. The molecule has 3 aromatic rings. The summed E-state index contributed by atoms with van der Waals surface area (Å²) in [5.74, 6) is 2.57. The maximum atomic E-state index is 6.11. The van der Waals surface area contributed by atoms with Gasteiger partial charge >= 0.3 is 0 Å². The van der Waals surface area contributed by atoms with Crippen molar-refractivity contribution >= 4 is 29.1 Å². The Hall–Kier alpha value is -3.19. The van der Waals surface area contributed by atoms with Crippen molar-refractivity contribution in [1.82, 2.24) is 15.3 Å². The van der Waals surface area contributed by atoms with E-state index in [1.165, 1.54) is 44.1 Å².